The molecule has 2 aromatic heterocycles. The second kappa shape index (κ2) is 12.3. The Bertz CT molecular complexity index is 1420. The molecule has 1 saturated carbocycles. The Morgan fingerprint density at radius 2 is 1.81 bits per heavy atom. The van der Waals surface area contributed by atoms with Crippen LogP contribution >= 0.6 is 11.8 Å². The summed E-state index contributed by atoms with van der Waals surface area (Å²) in [6.45, 7) is 1.11. The van der Waals surface area contributed by atoms with E-state index in [9.17, 15) is 37.3 Å². The number of benzene rings is 1. The molecule has 1 aliphatic heterocycles. The largest absolute Gasteiger partial charge is 0.394 e. The fraction of sp³-hybridized carbons (Fsp3) is 0.556. The normalized spacial score (nSPS) is 27.6. The summed E-state index contributed by atoms with van der Waals surface area (Å²) < 4.78 is 82.5. The molecule has 234 valence electrons. The second-order valence-electron chi connectivity index (χ2n) is 10.8. The molecule has 5 rings (SSSR count). The Morgan fingerprint density at radius 3 is 2.42 bits per heavy atom. The van der Waals surface area contributed by atoms with Gasteiger partial charge in [-0.05, 0) is 43.5 Å². The van der Waals surface area contributed by atoms with Crippen LogP contribution in [0.4, 0.5) is 22.0 Å². The number of aryl methyl sites for hydroxylation is 1. The van der Waals surface area contributed by atoms with Crippen molar-refractivity contribution in [2.24, 2.45) is 0 Å². The van der Waals surface area contributed by atoms with Gasteiger partial charge in [-0.2, -0.15) is 10.2 Å². The average molecular weight is 632 g/mol. The van der Waals surface area contributed by atoms with Crippen LogP contribution in [0.2, 0.25) is 0 Å². The third-order valence-corrected chi connectivity index (χ3v) is 9.59. The molecule has 2 fully saturated rings. The van der Waals surface area contributed by atoms with Crippen LogP contribution in [0.15, 0.2) is 30.6 Å². The number of halogens is 5. The van der Waals surface area contributed by atoms with Crippen molar-refractivity contribution in [2.45, 2.75) is 79.2 Å². The number of rotatable bonds is 8. The molecule has 6 atom stereocenters. The molecule has 3 N–H and O–H groups in total. The van der Waals surface area contributed by atoms with Crippen molar-refractivity contribution in [3.63, 3.8) is 0 Å². The smallest absolute Gasteiger partial charge is 0.248 e. The number of alkyl halides is 2. The molecule has 43 heavy (non-hydrogen) atoms. The van der Waals surface area contributed by atoms with Crippen LogP contribution in [0.25, 0.3) is 11.3 Å². The highest BCUT2D eigenvalue weighted by molar-refractivity contribution is 8.00. The van der Waals surface area contributed by atoms with Crippen LogP contribution < -0.4 is 0 Å². The Balaban J connectivity index is 1.50. The number of methoxy groups -OCH3 is 1. The maximum atomic E-state index is 14.1. The minimum atomic E-state index is -2.92. The summed E-state index contributed by atoms with van der Waals surface area (Å²) in [4.78, 5) is 0. The summed E-state index contributed by atoms with van der Waals surface area (Å²) in [5.74, 6) is -7.41. The number of ether oxygens (including phenoxy) is 2. The van der Waals surface area contributed by atoms with E-state index in [0.717, 1.165) is 23.9 Å². The van der Waals surface area contributed by atoms with Gasteiger partial charge in [0.15, 0.2) is 17.5 Å². The first-order chi connectivity index (χ1) is 20.4. The quantitative estimate of drug-likeness (QED) is 0.250. The van der Waals surface area contributed by atoms with Gasteiger partial charge in [-0.3, -0.25) is 0 Å². The van der Waals surface area contributed by atoms with Gasteiger partial charge < -0.3 is 24.8 Å². The first kappa shape index (κ1) is 31.7. The fourth-order valence-corrected chi connectivity index (χ4v) is 7.29. The summed E-state index contributed by atoms with van der Waals surface area (Å²) in [6, 6.07) is 2.09. The van der Waals surface area contributed by atoms with Gasteiger partial charge in [0.2, 0.25) is 5.92 Å². The third-order valence-electron chi connectivity index (χ3n) is 8.01. The number of hydrogen-bond acceptors (Lipinski definition) is 10. The van der Waals surface area contributed by atoms with Crippen molar-refractivity contribution >= 4 is 11.8 Å². The van der Waals surface area contributed by atoms with Crippen molar-refractivity contribution in [1.82, 2.24) is 25.2 Å². The Kier molecular flexibility index (Phi) is 9.07. The first-order valence-corrected chi connectivity index (χ1v) is 14.4. The number of aliphatic hydroxyl groups excluding tert-OH is 2. The summed E-state index contributed by atoms with van der Waals surface area (Å²) >= 11 is 1.03. The number of hydrogen-bond donors (Lipinski definition) is 3. The molecule has 2 aliphatic rings. The van der Waals surface area contributed by atoms with E-state index in [1.807, 2.05) is 0 Å². The zero-order valence-corrected chi connectivity index (χ0v) is 23.9. The average Bonchev–Trinajstić information content (AvgIpc) is 3.46. The van der Waals surface area contributed by atoms with Gasteiger partial charge in [-0.15, -0.1) is 16.9 Å². The van der Waals surface area contributed by atoms with E-state index in [4.69, 9.17) is 9.47 Å². The molecule has 3 heterocycles. The van der Waals surface area contributed by atoms with E-state index in [1.54, 1.807) is 13.0 Å². The molecule has 0 bridgehead atoms. The molecule has 1 aliphatic carbocycles. The molecule has 1 saturated heterocycles. The molecular formula is C27H30F5N5O5S. The lowest BCUT2D eigenvalue weighted by Crippen LogP contribution is -2.56. The zero-order valence-electron chi connectivity index (χ0n) is 23.1. The molecule has 10 nitrogen and oxygen atoms in total. The van der Waals surface area contributed by atoms with E-state index < -0.39 is 83.5 Å². The van der Waals surface area contributed by atoms with Crippen LogP contribution in [0.5, 0.6) is 0 Å². The summed E-state index contributed by atoms with van der Waals surface area (Å²) in [6.07, 6.45) is -2.44. The molecule has 1 aromatic carbocycles. The highest BCUT2D eigenvalue weighted by Crippen LogP contribution is 2.53. The van der Waals surface area contributed by atoms with Gasteiger partial charge in [0.05, 0.1) is 29.3 Å². The molecule has 0 unspecified atom stereocenters. The fourth-order valence-electron chi connectivity index (χ4n) is 5.54. The van der Waals surface area contributed by atoms with Gasteiger partial charge >= 0.3 is 0 Å². The van der Waals surface area contributed by atoms with Crippen molar-refractivity contribution in [3.8, 4) is 11.3 Å². The van der Waals surface area contributed by atoms with Gasteiger partial charge in [-0.1, -0.05) is 5.21 Å². The van der Waals surface area contributed by atoms with Crippen molar-refractivity contribution in [1.29, 1.82) is 0 Å². The van der Waals surface area contributed by atoms with E-state index in [-0.39, 0.29) is 24.1 Å². The van der Waals surface area contributed by atoms with Crippen LogP contribution in [-0.2, 0) is 9.47 Å². The van der Waals surface area contributed by atoms with Crippen LogP contribution in [0.1, 0.15) is 48.2 Å². The summed E-state index contributed by atoms with van der Waals surface area (Å²) in [7, 11) is 1.33. The Morgan fingerprint density at radius 1 is 1.14 bits per heavy atom. The molecule has 3 aromatic rings. The van der Waals surface area contributed by atoms with Crippen LogP contribution in [0.3, 0.4) is 0 Å². The maximum Gasteiger partial charge on any atom is 0.248 e. The predicted octanol–water partition coefficient (Wildman–Crippen LogP) is 3.51. The summed E-state index contributed by atoms with van der Waals surface area (Å²) in [5.41, 5.74) is -1.81. The molecular weight excluding hydrogens is 601 g/mol. The standard InChI is InChI=1S/C27H30F5N5O5S/c1-13-3-8-33-35-20(13)24(26(40)4-6-27(31,32)7-5-26)43-25-23(41-2)21(22(39)18(12-38)42-25)37-11-17(34-36-37)14-9-15(28)19(30)16(29)10-14/h3,8-11,18,21-25,38-40H,4-7,12H2,1-2H3/t18-,21+,22+,23-,24-,25+/m1/s1. The molecule has 16 heteroatoms. The topological polar surface area (TPSA) is 136 Å². The van der Waals surface area contributed by atoms with Gasteiger partial charge in [0.1, 0.15) is 35.5 Å². The third kappa shape index (κ3) is 6.26. The maximum absolute atomic E-state index is 14.1. The number of aromatic nitrogens is 5. The van der Waals surface area contributed by atoms with Gasteiger partial charge in [0.25, 0.3) is 0 Å². The van der Waals surface area contributed by atoms with Crippen molar-refractivity contribution < 1.29 is 46.7 Å². The number of aliphatic hydroxyl groups is 3. The molecule has 0 amide bonds. The zero-order chi connectivity index (χ0) is 31.1. The molecule has 0 radical (unpaired) electrons. The number of nitrogens with zero attached hydrogens (tertiary/aromatic N) is 5. The highest BCUT2D eigenvalue weighted by atomic mass is 32.2. The van der Waals surface area contributed by atoms with Crippen LogP contribution in [0, 0.1) is 24.4 Å². The second-order valence-corrected chi connectivity index (χ2v) is 12.0. The number of thioether (sulfide) groups is 1. The highest BCUT2D eigenvalue weighted by Gasteiger charge is 2.53. The lowest BCUT2D eigenvalue weighted by molar-refractivity contribution is -0.186. The van der Waals surface area contributed by atoms with E-state index in [0.29, 0.717) is 11.3 Å². The van der Waals surface area contributed by atoms with E-state index in [1.165, 1.54) is 24.2 Å². The van der Waals surface area contributed by atoms with Crippen LogP contribution in [-0.4, -0.2) is 89.5 Å². The van der Waals surface area contributed by atoms with E-state index in [2.05, 4.69) is 20.5 Å². The Hall–Kier alpha value is -2.76. The predicted molar refractivity (Wildman–Crippen MR) is 142 cm³/mol. The van der Waals surface area contributed by atoms with E-state index >= 15 is 0 Å². The monoisotopic (exact) mass is 631 g/mol. The lowest BCUT2D eigenvalue weighted by Gasteiger charge is -2.47. The summed E-state index contributed by atoms with van der Waals surface area (Å²) in [5, 5.41) is 48.1. The SMILES string of the molecule is CO[C@@H]1[C@@H](n2cc(-c3cc(F)c(F)c(F)c3)nn2)[C@@H](O)[C@@H](CO)O[C@H]1S[C@H](c1nnccc1C)C1(O)CCC(F)(F)CC1. The van der Waals surface area contributed by atoms with Crippen molar-refractivity contribution in [3.05, 3.63) is 59.3 Å². The molecule has 0 spiro atoms. The van der Waals surface area contributed by atoms with Gasteiger partial charge in [0, 0.05) is 31.7 Å². The first-order valence-electron chi connectivity index (χ1n) is 13.5. The minimum absolute atomic E-state index is 0.0402. The van der Waals surface area contributed by atoms with Gasteiger partial charge in [-0.25, -0.2) is 26.6 Å². The van der Waals surface area contributed by atoms with Crippen molar-refractivity contribution in [2.75, 3.05) is 13.7 Å². The minimum Gasteiger partial charge on any atom is -0.394 e. The Labute approximate surface area is 247 Å². The lowest BCUT2D eigenvalue weighted by atomic mass is 9.79.